The zero-order valence-corrected chi connectivity index (χ0v) is 10.4. The molecule has 0 fully saturated rings. The topological polar surface area (TPSA) is 54.0 Å². The lowest BCUT2D eigenvalue weighted by molar-refractivity contribution is 0.414. The standard InChI is InChI=1S/C12H9O3S2/c13-17(14,15)12-8-6-11(7-9-12)16-10-4-2-1-3-5-10/h1-9H. The number of benzene rings is 2. The van der Waals surface area contributed by atoms with E-state index >= 15 is 0 Å². The lowest BCUT2D eigenvalue weighted by Crippen LogP contribution is -1.94. The predicted octanol–water partition coefficient (Wildman–Crippen LogP) is 2.96. The summed E-state index contributed by atoms with van der Waals surface area (Å²) in [5.41, 5.74) is 0. The minimum atomic E-state index is -4.35. The highest BCUT2D eigenvalue weighted by atomic mass is 32.2. The zero-order chi connectivity index (χ0) is 12.3. The van der Waals surface area contributed by atoms with Crippen molar-refractivity contribution in [1.29, 1.82) is 0 Å². The summed E-state index contributed by atoms with van der Waals surface area (Å²) in [6, 6.07) is 15.6. The van der Waals surface area contributed by atoms with E-state index in [9.17, 15) is 13.0 Å². The lowest BCUT2D eigenvalue weighted by atomic mass is 10.4. The molecule has 0 saturated carbocycles. The second-order valence-corrected chi connectivity index (χ2v) is 5.87. The molecule has 0 atom stereocenters. The highest BCUT2D eigenvalue weighted by molar-refractivity contribution is 7.99. The van der Waals surface area contributed by atoms with E-state index in [0.29, 0.717) is 0 Å². The van der Waals surface area contributed by atoms with Gasteiger partial charge in [0.1, 0.15) is 0 Å². The van der Waals surface area contributed by atoms with Crippen LogP contribution in [0.1, 0.15) is 0 Å². The predicted molar refractivity (Wildman–Crippen MR) is 64.9 cm³/mol. The van der Waals surface area contributed by atoms with Crippen molar-refractivity contribution < 1.29 is 13.0 Å². The van der Waals surface area contributed by atoms with Crippen molar-refractivity contribution in [2.24, 2.45) is 0 Å². The van der Waals surface area contributed by atoms with E-state index in [1.807, 2.05) is 30.3 Å². The van der Waals surface area contributed by atoms with Crippen LogP contribution in [0.4, 0.5) is 0 Å². The minimum Gasteiger partial charge on any atom is -0.192 e. The van der Waals surface area contributed by atoms with Gasteiger partial charge in [-0.15, -0.1) is 0 Å². The van der Waals surface area contributed by atoms with E-state index in [1.54, 1.807) is 12.1 Å². The van der Waals surface area contributed by atoms with Crippen molar-refractivity contribution in [3.8, 4) is 0 Å². The molecule has 2 aromatic carbocycles. The molecule has 0 saturated heterocycles. The quantitative estimate of drug-likeness (QED) is 0.857. The van der Waals surface area contributed by atoms with Crippen molar-refractivity contribution in [1.82, 2.24) is 0 Å². The van der Waals surface area contributed by atoms with Gasteiger partial charge in [0.15, 0.2) is 0 Å². The summed E-state index contributed by atoms with van der Waals surface area (Å²) in [4.78, 5) is 1.75. The Morgan fingerprint density at radius 2 is 1.29 bits per heavy atom. The lowest BCUT2D eigenvalue weighted by Gasteiger charge is -2.01. The van der Waals surface area contributed by atoms with Gasteiger partial charge in [0.2, 0.25) is 0 Å². The molecular weight excluding hydrogens is 256 g/mol. The molecule has 17 heavy (non-hydrogen) atoms. The first kappa shape index (κ1) is 12.2. The van der Waals surface area contributed by atoms with Crippen LogP contribution in [0, 0.1) is 0 Å². The number of hydrogen-bond donors (Lipinski definition) is 0. The maximum atomic E-state index is 10.7. The second-order valence-electron chi connectivity index (χ2n) is 3.34. The van der Waals surface area contributed by atoms with Gasteiger partial charge in [0.05, 0.1) is 4.90 Å². The summed E-state index contributed by atoms with van der Waals surface area (Å²) in [5.74, 6) is 0. The Balaban J connectivity index is 2.20. The Hall–Kier alpha value is -1.30. The van der Waals surface area contributed by atoms with Gasteiger partial charge < -0.3 is 0 Å². The number of rotatable bonds is 3. The summed E-state index contributed by atoms with van der Waals surface area (Å²) in [7, 11) is -4.35. The Kier molecular flexibility index (Phi) is 3.51. The third kappa shape index (κ3) is 3.33. The fourth-order valence-corrected chi connectivity index (χ4v) is 2.61. The average Bonchev–Trinajstić information content (AvgIpc) is 2.30. The highest BCUT2D eigenvalue weighted by Gasteiger charge is 2.10. The van der Waals surface area contributed by atoms with Crippen LogP contribution in [0.5, 0.6) is 0 Å². The summed E-state index contributed by atoms with van der Waals surface area (Å²) in [6.45, 7) is 0. The summed E-state index contributed by atoms with van der Waals surface area (Å²) < 4.78 is 32.2. The third-order valence-electron chi connectivity index (χ3n) is 2.09. The maximum absolute atomic E-state index is 10.7. The van der Waals surface area contributed by atoms with Gasteiger partial charge in [-0.2, -0.15) is 8.42 Å². The van der Waals surface area contributed by atoms with Crippen LogP contribution in [0.15, 0.2) is 69.3 Å². The van der Waals surface area contributed by atoms with E-state index < -0.39 is 10.1 Å². The first-order valence-corrected chi connectivity index (χ1v) is 7.07. The molecule has 1 radical (unpaired) electrons. The largest absolute Gasteiger partial charge is 0.324 e. The van der Waals surface area contributed by atoms with Crippen LogP contribution in [-0.4, -0.2) is 8.42 Å². The molecule has 0 heterocycles. The zero-order valence-electron chi connectivity index (χ0n) is 8.74. The Morgan fingerprint density at radius 1 is 0.765 bits per heavy atom. The monoisotopic (exact) mass is 265 g/mol. The molecule has 0 aromatic heterocycles. The SMILES string of the molecule is [O]S(=O)(=O)c1ccc(Sc2ccccc2)cc1. The molecule has 5 heteroatoms. The second kappa shape index (κ2) is 4.91. The molecule has 0 aliphatic heterocycles. The summed E-state index contributed by atoms with van der Waals surface area (Å²) >= 11 is 1.51. The van der Waals surface area contributed by atoms with Gasteiger partial charge in [-0.05, 0) is 36.4 Å². The van der Waals surface area contributed by atoms with Crippen molar-refractivity contribution in [2.75, 3.05) is 0 Å². The summed E-state index contributed by atoms with van der Waals surface area (Å²) in [6.07, 6.45) is 0. The van der Waals surface area contributed by atoms with E-state index in [1.165, 1.54) is 23.9 Å². The first-order valence-electron chi connectivity index (χ1n) is 4.84. The van der Waals surface area contributed by atoms with Gasteiger partial charge in [0.25, 0.3) is 0 Å². The molecule has 0 unspecified atom stereocenters. The van der Waals surface area contributed by atoms with Crippen LogP contribution >= 0.6 is 11.8 Å². The fraction of sp³-hybridized carbons (Fsp3) is 0. The molecule has 0 amide bonds. The normalized spacial score (nSPS) is 11.4. The molecule has 2 aromatic rings. The smallest absolute Gasteiger partial charge is 0.192 e. The summed E-state index contributed by atoms with van der Waals surface area (Å²) in [5, 5.41) is 0. The van der Waals surface area contributed by atoms with E-state index in [0.717, 1.165) is 9.79 Å². The third-order valence-corrected chi connectivity index (χ3v) is 3.96. The van der Waals surface area contributed by atoms with Gasteiger partial charge in [-0.3, -0.25) is 0 Å². The van der Waals surface area contributed by atoms with Crippen molar-refractivity contribution in [3.63, 3.8) is 0 Å². The molecule has 0 aliphatic rings. The molecular formula is C12H9O3S2. The van der Waals surface area contributed by atoms with Crippen LogP contribution in [-0.2, 0) is 14.7 Å². The fourth-order valence-electron chi connectivity index (χ4n) is 1.30. The molecule has 0 bridgehead atoms. The van der Waals surface area contributed by atoms with E-state index in [-0.39, 0.29) is 4.90 Å². The van der Waals surface area contributed by atoms with E-state index in [4.69, 9.17) is 0 Å². The van der Waals surface area contributed by atoms with Crippen molar-refractivity contribution in [2.45, 2.75) is 14.7 Å². The average molecular weight is 265 g/mol. The molecule has 0 spiro atoms. The Morgan fingerprint density at radius 3 is 1.82 bits per heavy atom. The van der Waals surface area contributed by atoms with E-state index in [2.05, 4.69) is 0 Å². The maximum Gasteiger partial charge on any atom is 0.324 e. The molecule has 0 N–H and O–H groups in total. The number of hydrogen-bond acceptors (Lipinski definition) is 3. The Bertz CT molecular complexity index is 589. The van der Waals surface area contributed by atoms with Gasteiger partial charge in [0, 0.05) is 9.79 Å². The van der Waals surface area contributed by atoms with Crippen LogP contribution < -0.4 is 0 Å². The molecule has 2 rings (SSSR count). The van der Waals surface area contributed by atoms with Crippen LogP contribution in [0.3, 0.4) is 0 Å². The molecule has 3 nitrogen and oxygen atoms in total. The van der Waals surface area contributed by atoms with Crippen LogP contribution in [0.2, 0.25) is 0 Å². The Labute approximate surface area is 104 Å². The van der Waals surface area contributed by atoms with Crippen molar-refractivity contribution in [3.05, 3.63) is 54.6 Å². The minimum absolute atomic E-state index is 0.199. The van der Waals surface area contributed by atoms with Crippen LogP contribution in [0.25, 0.3) is 0 Å². The molecule has 0 aliphatic carbocycles. The van der Waals surface area contributed by atoms with Gasteiger partial charge >= 0.3 is 10.1 Å². The van der Waals surface area contributed by atoms with Crippen molar-refractivity contribution >= 4 is 21.9 Å². The first-order chi connectivity index (χ1) is 8.05. The van der Waals surface area contributed by atoms with Gasteiger partial charge in [-0.1, -0.05) is 34.5 Å². The van der Waals surface area contributed by atoms with Gasteiger partial charge in [-0.25, -0.2) is 0 Å². The molecule has 87 valence electrons. The highest BCUT2D eigenvalue weighted by Crippen LogP contribution is 2.27.